The van der Waals surface area contributed by atoms with E-state index in [2.05, 4.69) is 48.0 Å². The van der Waals surface area contributed by atoms with Crippen LogP contribution in [0.25, 0.3) is 11.0 Å². The van der Waals surface area contributed by atoms with Gasteiger partial charge in [-0.1, -0.05) is 24.3 Å². The second-order valence-corrected chi connectivity index (χ2v) is 8.67. The zero-order valence-corrected chi connectivity index (χ0v) is 19.3. The molecule has 6 nitrogen and oxygen atoms in total. The Hall–Kier alpha value is -2.86. The molecule has 1 N–H and O–H groups in total. The first-order valence-electron chi connectivity index (χ1n) is 11.6. The summed E-state index contributed by atoms with van der Waals surface area (Å²) in [6, 6.07) is 14.2. The molecule has 4 rings (SSSR count). The lowest BCUT2D eigenvalue weighted by molar-refractivity contribution is -0.130. The van der Waals surface area contributed by atoms with Gasteiger partial charge in [-0.05, 0) is 75.8 Å². The number of aryl methyl sites for hydroxylation is 3. The van der Waals surface area contributed by atoms with Crippen LogP contribution in [0.3, 0.4) is 0 Å². The van der Waals surface area contributed by atoms with E-state index in [4.69, 9.17) is 14.5 Å². The SMILES string of the molecule is Cc1ccc(C)c(OCCCCn2c(C(C)NC(=O)C3CCCO3)nc3ccccc32)c1. The number of hydrogen-bond donors (Lipinski definition) is 1. The number of unbranched alkanes of at least 4 members (excludes halogenated alkanes) is 1. The highest BCUT2D eigenvalue weighted by Crippen LogP contribution is 2.23. The number of hydrogen-bond acceptors (Lipinski definition) is 4. The van der Waals surface area contributed by atoms with Crippen LogP contribution >= 0.6 is 0 Å². The smallest absolute Gasteiger partial charge is 0.249 e. The molecule has 32 heavy (non-hydrogen) atoms. The van der Waals surface area contributed by atoms with Crippen molar-refractivity contribution in [3.05, 3.63) is 59.4 Å². The fourth-order valence-corrected chi connectivity index (χ4v) is 4.23. The first-order valence-corrected chi connectivity index (χ1v) is 11.6. The van der Waals surface area contributed by atoms with Gasteiger partial charge in [0, 0.05) is 13.2 Å². The minimum Gasteiger partial charge on any atom is -0.493 e. The molecule has 0 spiro atoms. The number of ether oxygens (including phenoxy) is 2. The van der Waals surface area contributed by atoms with E-state index in [1.54, 1.807) is 0 Å². The summed E-state index contributed by atoms with van der Waals surface area (Å²) in [5.74, 6) is 1.80. The Morgan fingerprint density at radius 3 is 2.91 bits per heavy atom. The number of nitrogens with one attached hydrogen (secondary N) is 1. The first kappa shape index (κ1) is 22.3. The molecule has 3 aromatic rings. The van der Waals surface area contributed by atoms with Crippen LogP contribution in [-0.4, -0.2) is 34.8 Å². The zero-order chi connectivity index (χ0) is 22.5. The maximum atomic E-state index is 12.6. The van der Waals surface area contributed by atoms with Crippen molar-refractivity contribution in [2.75, 3.05) is 13.2 Å². The van der Waals surface area contributed by atoms with Crippen LogP contribution in [0.5, 0.6) is 5.75 Å². The summed E-state index contributed by atoms with van der Waals surface area (Å²) in [7, 11) is 0. The number of fused-ring (bicyclic) bond motifs is 1. The number of para-hydroxylation sites is 2. The highest BCUT2D eigenvalue weighted by atomic mass is 16.5. The van der Waals surface area contributed by atoms with Gasteiger partial charge in [-0.2, -0.15) is 0 Å². The summed E-state index contributed by atoms with van der Waals surface area (Å²) in [6.45, 7) is 8.31. The van der Waals surface area contributed by atoms with Crippen molar-refractivity contribution in [1.82, 2.24) is 14.9 Å². The Kier molecular flexibility index (Phi) is 7.10. The predicted octanol–water partition coefficient (Wildman–Crippen LogP) is 4.87. The van der Waals surface area contributed by atoms with Crippen LogP contribution in [0.4, 0.5) is 0 Å². The maximum Gasteiger partial charge on any atom is 0.249 e. The van der Waals surface area contributed by atoms with Gasteiger partial charge in [0.2, 0.25) is 5.91 Å². The van der Waals surface area contributed by atoms with Crippen LogP contribution in [0, 0.1) is 13.8 Å². The summed E-state index contributed by atoms with van der Waals surface area (Å²) < 4.78 is 13.8. The molecular weight excluding hydrogens is 402 g/mol. The van der Waals surface area contributed by atoms with Gasteiger partial charge in [0.25, 0.3) is 0 Å². The highest BCUT2D eigenvalue weighted by Gasteiger charge is 2.26. The van der Waals surface area contributed by atoms with Crippen LogP contribution in [-0.2, 0) is 16.1 Å². The normalized spacial score (nSPS) is 16.9. The molecule has 0 radical (unpaired) electrons. The van der Waals surface area contributed by atoms with Gasteiger partial charge < -0.3 is 19.4 Å². The van der Waals surface area contributed by atoms with E-state index < -0.39 is 0 Å². The molecule has 170 valence electrons. The standard InChI is InChI=1S/C26H33N3O3/c1-18-12-13-19(2)24(17-18)32-15-7-6-14-29-22-10-5-4-9-21(22)28-25(29)20(3)27-26(30)23-11-8-16-31-23/h4-5,9-10,12-13,17,20,23H,6-8,11,14-16H2,1-3H3,(H,27,30). The molecule has 2 atom stereocenters. The van der Waals surface area contributed by atoms with E-state index in [1.165, 1.54) is 5.56 Å². The van der Waals surface area contributed by atoms with Crippen molar-refractivity contribution in [2.24, 2.45) is 0 Å². The van der Waals surface area contributed by atoms with Gasteiger partial charge in [0.15, 0.2) is 0 Å². The van der Waals surface area contributed by atoms with Gasteiger partial charge >= 0.3 is 0 Å². The van der Waals surface area contributed by atoms with Crippen molar-refractivity contribution < 1.29 is 14.3 Å². The average molecular weight is 436 g/mol. The second kappa shape index (κ2) is 10.2. The topological polar surface area (TPSA) is 65.4 Å². The molecule has 0 aliphatic carbocycles. The van der Waals surface area contributed by atoms with Crippen LogP contribution in [0.2, 0.25) is 0 Å². The summed E-state index contributed by atoms with van der Waals surface area (Å²) in [5.41, 5.74) is 4.41. The Labute approximate surface area is 189 Å². The van der Waals surface area contributed by atoms with Crippen LogP contribution < -0.4 is 10.1 Å². The fraction of sp³-hybridized carbons (Fsp3) is 0.462. The number of carbonyl (C=O) groups is 1. The molecule has 6 heteroatoms. The molecule has 0 saturated carbocycles. The van der Waals surface area contributed by atoms with E-state index in [0.717, 1.165) is 60.4 Å². The second-order valence-electron chi connectivity index (χ2n) is 8.67. The molecule has 0 bridgehead atoms. The summed E-state index contributed by atoms with van der Waals surface area (Å²) in [4.78, 5) is 17.4. The number of amides is 1. The third kappa shape index (κ3) is 5.13. The zero-order valence-electron chi connectivity index (χ0n) is 19.3. The van der Waals surface area contributed by atoms with Crippen molar-refractivity contribution >= 4 is 16.9 Å². The Balaban J connectivity index is 1.39. The molecule has 1 saturated heterocycles. The lowest BCUT2D eigenvalue weighted by atomic mass is 10.1. The minimum absolute atomic E-state index is 0.0458. The van der Waals surface area contributed by atoms with Gasteiger partial charge in [-0.3, -0.25) is 4.79 Å². The third-order valence-corrected chi connectivity index (χ3v) is 6.03. The molecule has 1 aliphatic rings. The molecular formula is C26H33N3O3. The number of aromatic nitrogens is 2. The quantitative estimate of drug-likeness (QED) is 0.487. The number of nitrogens with zero attached hydrogens (tertiary/aromatic N) is 2. The molecule has 2 heterocycles. The summed E-state index contributed by atoms with van der Waals surface area (Å²) in [5, 5.41) is 3.10. The highest BCUT2D eigenvalue weighted by molar-refractivity contribution is 5.81. The molecule has 1 aliphatic heterocycles. The van der Waals surface area contributed by atoms with Gasteiger partial charge in [0.1, 0.15) is 17.7 Å². The van der Waals surface area contributed by atoms with E-state index in [9.17, 15) is 4.79 Å². The van der Waals surface area contributed by atoms with Gasteiger partial charge in [-0.15, -0.1) is 0 Å². The van der Waals surface area contributed by atoms with E-state index in [0.29, 0.717) is 13.2 Å². The monoisotopic (exact) mass is 435 g/mol. The first-order chi connectivity index (χ1) is 15.5. The fourth-order valence-electron chi connectivity index (χ4n) is 4.23. The Morgan fingerprint density at radius 1 is 1.25 bits per heavy atom. The average Bonchev–Trinajstić information content (AvgIpc) is 3.44. The van der Waals surface area contributed by atoms with Crippen molar-refractivity contribution in [2.45, 2.75) is 65.1 Å². The lowest BCUT2D eigenvalue weighted by Crippen LogP contribution is -2.36. The Morgan fingerprint density at radius 2 is 2.09 bits per heavy atom. The summed E-state index contributed by atoms with van der Waals surface area (Å²) >= 11 is 0. The predicted molar refractivity (Wildman–Crippen MR) is 126 cm³/mol. The van der Waals surface area contributed by atoms with E-state index in [-0.39, 0.29) is 18.1 Å². The number of rotatable bonds is 9. The third-order valence-electron chi connectivity index (χ3n) is 6.03. The molecule has 1 aromatic heterocycles. The number of imidazole rings is 1. The van der Waals surface area contributed by atoms with E-state index in [1.807, 2.05) is 25.1 Å². The minimum atomic E-state index is -0.336. The number of carbonyl (C=O) groups excluding carboxylic acids is 1. The van der Waals surface area contributed by atoms with Crippen LogP contribution in [0.1, 0.15) is 55.6 Å². The largest absolute Gasteiger partial charge is 0.493 e. The molecule has 2 unspecified atom stereocenters. The molecule has 2 aromatic carbocycles. The molecule has 1 fully saturated rings. The van der Waals surface area contributed by atoms with E-state index >= 15 is 0 Å². The summed E-state index contributed by atoms with van der Waals surface area (Å²) in [6.07, 6.45) is 3.29. The van der Waals surface area contributed by atoms with Crippen molar-refractivity contribution in [3.63, 3.8) is 0 Å². The van der Waals surface area contributed by atoms with Gasteiger partial charge in [-0.25, -0.2) is 4.98 Å². The van der Waals surface area contributed by atoms with Gasteiger partial charge in [0.05, 0.1) is 23.7 Å². The van der Waals surface area contributed by atoms with Crippen molar-refractivity contribution in [1.29, 1.82) is 0 Å². The van der Waals surface area contributed by atoms with Crippen molar-refractivity contribution in [3.8, 4) is 5.75 Å². The number of benzene rings is 2. The molecule has 1 amide bonds. The Bertz CT molecular complexity index is 1070. The van der Waals surface area contributed by atoms with Crippen LogP contribution in [0.15, 0.2) is 42.5 Å². The maximum absolute atomic E-state index is 12.6. The lowest BCUT2D eigenvalue weighted by Gasteiger charge is -2.18.